The number of carboxylic acid groups (broad SMARTS) is 1. The fraction of sp³-hybridized carbons (Fsp3) is 0. The number of hydrogen-bond donors (Lipinski definition) is 2. The molecule has 0 atom stereocenters. The molecule has 0 aliphatic carbocycles. The minimum absolute atomic E-state index is 0.174. The average molecular weight is 183 g/mol. The molecule has 5 heteroatoms. The van der Waals surface area contributed by atoms with Gasteiger partial charge in [-0.25, -0.2) is 9.18 Å². The highest BCUT2D eigenvalue weighted by Crippen LogP contribution is 2.17. The quantitative estimate of drug-likeness (QED) is 0.527. The number of halogens is 1. The molecule has 0 aliphatic heterocycles. The fourth-order valence-corrected chi connectivity index (χ4v) is 0.948. The standard InChI is InChI=1S/C8H6FNO3/c9-4-1-5(8(12)13)6(3-11)7(10)2-4/h1-3H,10H2,(H,12,13). The van der Waals surface area contributed by atoms with Crippen LogP contribution in [0.5, 0.6) is 0 Å². The average Bonchev–Trinajstić information content (AvgIpc) is 2.02. The highest BCUT2D eigenvalue weighted by molar-refractivity contribution is 6.00. The molecular formula is C8H6FNO3. The van der Waals surface area contributed by atoms with E-state index in [1.807, 2.05) is 0 Å². The van der Waals surface area contributed by atoms with E-state index in [0.717, 1.165) is 12.1 Å². The second-order valence-corrected chi connectivity index (χ2v) is 2.38. The Morgan fingerprint density at radius 3 is 2.62 bits per heavy atom. The van der Waals surface area contributed by atoms with Gasteiger partial charge in [-0.05, 0) is 12.1 Å². The van der Waals surface area contributed by atoms with Crippen molar-refractivity contribution >= 4 is 17.9 Å². The van der Waals surface area contributed by atoms with Gasteiger partial charge in [0.15, 0.2) is 6.29 Å². The lowest BCUT2D eigenvalue weighted by Crippen LogP contribution is -2.06. The number of anilines is 1. The molecule has 0 aromatic heterocycles. The van der Waals surface area contributed by atoms with Gasteiger partial charge in [-0.2, -0.15) is 0 Å². The Morgan fingerprint density at radius 2 is 2.15 bits per heavy atom. The van der Waals surface area contributed by atoms with E-state index < -0.39 is 17.3 Å². The zero-order valence-electron chi connectivity index (χ0n) is 6.45. The lowest BCUT2D eigenvalue weighted by atomic mass is 10.1. The third-order valence-electron chi connectivity index (χ3n) is 1.53. The molecule has 1 rings (SSSR count). The van der Waals surface area contributed by atoms with Crippen LogP contribution in [-0.2, 0) is 0 Å². The number of aldehydes is 1. The highest BCUT2D eigenvalue weighted by atomic mass is 19.1. The topological polar surface area (TPSA) is 80.4 Å². The van der Waals surface area contributed by atoms with Gasteiger partial charge in [0, 0.05) is 5.69 Å². The number of rotatable bonds is 2. The predicted molar refractivity (Wildman–Crippen MR) is 43.2 cm³/mol. The molecule has 3 N–H and O–H groups in total. The summed E-state index contributed by atoms with van der Waals surface area (Å²) in [5.74, 6) is -2.16. The van der Waals surface area contributed by atoms with Crippen molar-refractivity contribution in [1.29, 1.82) is 0 Å². The van der Waals surface area contributed by atoms with Crippen LogP contribution in [0.2, 0.25) is 0 Å². The van der Waals surface area contributed by atoms with Gasteiger partial charge in [-0.15, -0.1) is 0 Å². The zero-order chi connectivity index (χ0) is 10.0. The molecule has 1 aromatic carbocycles. The number of nitrogens with two attached hydrogens (primary N) is 1. The molecule has 0 aliphatic rings. The summed E-state index contributed by atoms with van der Waals surface area (Å²) in [6.07, 6.45) is 0.290. The number of aromatic carboxylic acids is 1. The molecule has 0 spiro atoms. The van der Waals surface area contributed by atoms with Crippen molar-refractivity contribution in [3.63, 3.8) is 0 Å². The first-order chi connectivity index (χ1) is 6.06. The van der Waals surface area contributed by atoms with E-state index >= 15 is 0 Å². The molecule has 0 amide bonds. The molecule has 0 bridgehead atoms. The summed E-state index contributed by atoms with van der Waals surface area (Å²) in [5.41, 5.74) is 4.44. The van der Waals surface area contributed by atoms with E-state index in [2.05, 4.69) is 0 Å². The Morgan fingerprint density at radius 1 is 1.54 bits per heavy atom. The van der Waals surface area contributed by atoms with E-state index in [-0.39, 0.29) is 17.5 Å². The van der Waals surface area contributed by atoms with Crippen molar-refractivity contribution in [1.82, 2.24) is 0 Å². The van der Waals surface area contributed by atoms with Crippen LogP contribution in [0.3, 0.4) is 0 Å². The van der Waals surface area contributed by atoms with Crippen LogP contribution in [0.4, 0.5) is 10.1 Å². The van der Waals surface area contributed by atoms with Crippen molar-refractivity contribution in [2.24, 2.45) is 0 Å². The molecule has 0 unspecified atom stereocenters. The Labute approximate surface area is 72.8 Å². The third kappa shape index (κ3) is 1.64. The summed E-state index contributed by atoms with van der Waals surface area (Å²) < 4.78 is 12.6. The van der Waals surface area contributed by atoms with Crippen molar-refractivity contribution < 1.29 is 19.1 Å². The number of hydrogen-bond acceptors (Lipinski definition) is 3. The van der Waals surface area contributed by atoms with E-state index in [9.17, 15) is 14.0 Å². The first-order valence-corrected chi connectivity index (χ1v) is 3.33. The molecule has 0 radical (unpaired) electrons. The largest absolute Gasteiger partial charge is 0.478 e. The maximum absolute atomic E-state index is 12.6. The van der Waals surface area contributed by atoms with Gasteiger partial charge in [0.2, 0.25) is 0 Å². The van der Waals surface area contributed by atoms with Crippen LogP contribution in [-0.4, -0.2) is 17.4 Å². The number of benzene rings is 1. The summed E-state index contributed by atoms with van der Waals surface area (Å²) in [5, 5.41) is 8.56. The number of nitrogen functional groups attached to an aromatic ring is 1. The van der Waals surface area contributed by atoms with Gasteiger partial charge >= 0.3 is 5.97 Å². The zero-order valence-corrected chi connectivity index (χ0v) is 6.45. The third-order valence-corrected chi connectivity index (χ3v) is 1.53. The van der Waals surface area contributed by atoms with E-state index in [4.69, 9.17) is 10.8 Å². The highest BCUT2D eigenvalue weighted by Gasteiger charge is 2.13. The van der Waals surface area contributed by atoms with Gasteiger partial charge in [-0.3, -0.25) is 4.79 Å². The lowest BCUT2D eigenvalue weighted by Gasteiger charge is -2.02. The van der Waals surface area contributed by atoms with Crippen molar-refractivity contribution in [3.05, 3.63) is 29.1 Å². The minimum atomic E-state index is -1.38. The van der Waals surface area contributed by atoms with Gasteiger partial charge in [-0.1, -0.05) is 0 Å². The summed E-state index contributed by atoms with van der Waals surface area (Å²) in [6, 6.07) is 1.65. The Bertz CT molecular complexity index is 376. The molecular weight excluding hydrogens is 177 g/mol. The summed E-state index contributed by atoms with van der Waals surface area (Å²) in [6.45, 7) is 0. The molecule has 4 nitrogen and oxygen atoms in total. The monoisotopic (exact) mass is 183 g/mol. The maximum Gasteiger partial charge on any atom is 0.336 e. The van der Waals surface area contributed by atoms with E-state index in [1.165, 1.54) is 0 Å². The Balaban J connectivity index is 3.46. The molecule has 1 aromatic rings. The van der Waals surface area contributed by atoms with Crippen LogP contribution in [0.25, 0.3) is 0 Å². The Kier molecular flexibility index (Phi) is 2.27. The molecule has 68 valence electrons. The number of carboxylic acids is 1. The normalized spacial score (nSPS) is 9.62. The second-order valence-electron chi connectivity index (χ2n) is 2.38. The molecule has 0 saturated heterocycles. The first-order valence-electron chi connectivity index (χ1n) is 3.33. The summed E-state index contributed by atoms with van der Waals surface area (Å²) in [4.78, 5) is 20.9. The van der Waals surface area contributed by atoms with Crippen molar-refractivity contribution in [3.8, 4) is 0 Å². The van der Waals surface area contributed by atoms with Crippen LogP contribution >= 0.6 is 0 Å². The first kappa shape index (κ1) is 9.18. The molecule has 0 fully saturated rings. The molecule has 0 saturated carbocycles. The van der Waals surface area contributed by atoms with Crippen molar-refractivity contribution in [2.75, 3.05) is 5.73 Å². The van der Waals surface area contributed by atoms with Crippen LogP contribution in [0.15, 0.2) is 12.1 Å². The van der Waals surface area contributed by atoms with Gasteiger partial charge in [0.05, 0.1) is 11.1 Å². The Hall–Kier alpha value is -1.91. The van der Waals surface area contributed by atoms with Crippen molar-refractivity contribution in [2.45, 2.75) is 0 Å². The number of carbonyl (C=O) groups excluding carboxylic acids is 1. The predicted octanol–water partition coefficient (Wildman–Crippen LogP) is 0.919. The van der Waals surface area contributed by atoms with Crippen LogP contribution in [0, 0.1) is 5.82 Å². The van der Waals surface area contributed by atoms with Gasteiger partial charge < -0.3 is 10.8 Å². The summed E-state index contributed by atoms with van der Waals surface area (Å²) >= 11 is 0. The fourth-order valence-electron chi connectivity index (χ4n) is 0.948. The van der Waals surface area contributed by atoms with Crippen LogP contribution < -0.4 is 5.73 Å². The maximum atomic E-state index is 12.6. The van der Waals surface area contributed by atoms with E-state index in [0.29, 0.717) is 0 Å². The molecule has 0 heterocycles. The number of carbonyl (C=O) groups is 2. The minimum Gasteiger partial charge on any atom is -0.478 e. The van der Waals surface area contributed by atoms with Gasteiger partial charge in [0.1, 0.15) is 5.82 Å². The summed E-state index contributed by atoms with van der Waals surface area (Å²) in [7, 11) is 0. The van der Waals surface area contributed by atoms with Gasteiger partial charge in [0.25, 0.3) is 0 Å². The lowest BCUT2D eigenvalue weighted by molar-refractivity contribution is 0.0693. The van der Waals surface area contributed by atoms with E-state index in [1.54, 1.807) is 0 Å². The van der Waals surface area contributed by atoms with Crippen LogP contribution in [0.1, 0.15) is 20.7 Å². The smallest absolute Gasteiger partial charge is 0.336 e. The second kappa shape index (κ2) is 3.22. The molecule has 13 heavy (non-hydrogen) atoms. The SMILES string of the molecule is Nc1cc(F)cc(C(=O)O)c1C=O.